The Kier molecular flexibility index (Phi) is 11.5. The first-order valence-corrected chi connectivity index (χ1v) is 33.4. The Hall–Kier alpha value is -12.8. The Labute approximate surface area is 559 Å². The van der Waals surface area contributed by atoms with E-state index in [1.54, 1.807) is 0 Å². The van der Waals surface area contributed by atoms with Gasteiger partial charge in [-0.2, -0.15) is 0 Å². The number of para-hydroxylation sites is 8. The highest BCUT2D eigenvalue weighted by Gasteiger charge is 2.45. The Bertz CT molecular complexity index is 6400. The molecular weight excluding hydrogens is 1180 g/mol. The van der Waals surface area contributed by atoms with Crippen molar-refractivity contribution < 1.29 is 4.42 Å². The van der Waals surface area contributed by atoms with Gasteiger partial charge in [-0.15, -0.1) is 0 Å². The summed E-state index contributed by atoms with van der Waals surface area (Å²) < 4.78 is 12.0. The van der Waals surface area contributed by atoms with E-state index < -0.39 is 0 Å². The predicted molar refractivity (Wildman–Crippen MR) is 408 cm³/mol. The summed E-state index contributed by atoms with van der Waals surface area (Å²) in [6.45, 7) is -0.245. The van der Waals surface area contributed by atoms with Crippen LogP contribution in [0.15, 0.2) is 344 Å². The summed E-state index contributed by atoms with van der Waals surface area (Å²) in [5.41, 5.74) is 28.7. The molecule has 97 heavy (non-hydrogen) atoms. The molecule has 7 heteroatoms. The minimum Gasteiger partial charge on any atom is -0.454 e. The number of nitrogens with zero attached hydrogens (tertiary/aromatic N) is 5. The first-order chi connectivity index (χ1) is 48.2. The van der Waals surface area contributed by atoms with Crippen LogP contribution in [-0.4, -0.2) is 15.7 Å². The van der Waals surface area contributed by atoms with Crippen molar-refractivity contribution in [3.63, 3.8) is 0 Å². The maximum absolute atomic E-state index is 6.96. The van der Waals surface area contributed by atoms with Crippen LogP contribution < -0.4 is 31.1 Å². The monoisotopic (exact) mass is 1230 g/mol. The van der Waals surface area contributed by atoms with E-state index in [0.717, 1.165) is 123 Å². The second kappa shape index (κ2) is 20.8. The van der Waals surface area contributed by atoms with Crippen LogP contribution in [0.1, 0.15) is 0 Å². The van der Waals surface area contributed by atoms with Gasteiger partial charge in [0.1, 0.15) is 5.58 Å². The number of hydrogen-bond acceptors (Lipinski definition) is 4. The lowest BCUT2D eigenvalue weighted by Crippen LogP contribution is -2.61. The lowest BCUT2D eigenvalue weighted by atomic mass is 9.33. The van der Waals surface area contributed by atoms with Crippen molar-refractivity contribution in [2.45, 2.75) is 0 Å². The topological polar surface area (TPSA) is 32.2 Å². The molecule has 21 rings (SSSR count). The van der Waals surface area contributed by atoms with E-state index in [0.29, 0.717) is 0 Å². The molecule has 2 aliphatic heterocycles. The normalized spacial score (nSPS) is 12.7. The summed E-state index contributed by atoms with van der Waals surface area (Å²) in [5, 5.41) is 9.54. The van der Waals surface area contributed by atoms with Crippen molar-refractivity contribution in [2.75, 3.05) is 14.7 Å². The van der Waals surface area contributed by atoms with E-state index in [9.17, 15) is 0 Å². The molecular formula is C90H56BN5O. The fraction of sp³-hybridized carbons (Fsp3) is 0. The van der Waals surface area contributed by atoms with Crippen LogP contribution in [0.5, 0.6) is 0 Å². The van der Waals surface area contributed by atoms with Gasteiger partial charge in [-0.25, -0.2) is 0 Å². The van der Waals surface area contributed by atoms with Crippen molar-refractivity contribution in [1.82, 2.24) is 8.97 Å². The number of aromatic nitrogens is 2. The number of rotatable bonds is 9. The summed E-state index contributed by atoms with van der Waals surface area (Å²) >= 11 is 0. The molecule has 0 aliphatic carbocycles. The van der Waals surface area contributed by atoms with Gasteiger partial charge in [-0.1, -0.05) is 249 Å². The summed E-state index contributed by atoms with van der Waals surface area (Å²) in [7, 11) is 0. The first-order valence-electron chi connectivity index (χ1n) is 33.4. The molecule has 450 valence electrons. The third-order valence-corrected chi connectivity index (χ3v) is 20.8. The number of hydrogen-bond donors (Lipinski definition) is 0. The maximum atomic E-state index is 6.96. The van der Waals surface area contributed by atoms with E-state index in [4.69, 9.17) is 4.42 Å². The van der Waals surface area contributed by atoms with Gasteiger partial charge >= 0.3 is 0 Å². The molecule has 0 bridgehead atoms. The lowest BCUT2D eigenvalue weighted by Gasteiger charge is -2.45. The van der Waals surface area contributed by atoms with Crippen LogP contribution in [0.4, 0.5) is 51.2 Å². The minimum absolute atomic E-state index is 0.245. The highest BCUT2D eigenvalue weighted by Crippen LogP contribution is 2.53. The fourth-order valence-electron chi connectivity index (χ4n) is 16.7. The van der Waals surface area contributed by atoms with Crippen LogP contribution >= 0.6 is 0 Å². The molecule has 19 aromatic rings. The van der Waals surface area contributed by atoms with Crippen LogP contribution in [0.3, 0.4) is 0 Å². The third kappa shape index (κ3) is 7.85. The van der Waals surface area contributed by atoms with Crippen LogP contribution in [0.2, 0.25) is 0 Å². The highest BCUT2D eigenvalue weighted by atomic mass is 16.3. The van der Waals surface area contributed by atoms with Gasteiger partial charge in [0.2, 0.25) is 0 Å². The summed E-state index contributed by atoms with van der Waals surface area (Å²) in [6, 6.07) is 126. The molecule has 0 unspecified atom stereocenters. The van der Waals surface area contributed by atoms with E-state index in [1.165, 1.54) is 65.3 Å². The van der Waals surface area contributed by atoms with Gasteiger partial charge in [0.15, 0.2) is 5.58 Å². The standard InChI is InChI=1S/C90H56BN5O/c1-6-26-57(27-7-1)60-48-49-79(71(50-60)59-30-10-3-11-31-59)94(76-43-20-16-36-64(76)58-28-8-2-9-29-58)63-51-85-88-86(52-63)93(62-34-14-5-15-35-62)84-56-82-73(69-41-24-40-68-65-37-17-22-45-78(65)96(82)89(68)69)54-75(84)91(88)74-53-72-66-38-18-21-44-77(66)95(81(72)55-83(74)92(85)61-32-12-4-13-33-61)80-46-25-42-70-67-39-19-23-47-87(67)97-90(70)80/h1-56H. The Morgan fingerprint density at radius 2 is 0.784 bits per heavy atom. The van der Waals surface area contributed by atoms with Gasteiger partial charge in [0.25, 0.3) is 6.71 Å². The van der Waals surface area contributed by atoms with Crippen LogP contribution in [0, 0.1) is 0 Å². The van der Waals surface area contributed by atoms with Crippen molar-refractivity contribution in [1.29, 1.82) is 0 Å². The van der Waals surface area contributed by atoms with E-state index >= 15 is 0 Å². The van der Waals surface area contributed by atoms with Crippen LogP contribution in [0.25, 0.3) is 121 Å². The molecule has 0 amide bonds. The second-order valence-corrected chi connectivity index (χ2v) is 25.9. The number of fused-ring (bicyclic) bond motifs is 16. The third-order valence-electron chi connectivity index (χ3n) is 20.8. The van der Waals surface area contributed by atoms with Gasteiger partial charge in [0.05, 0.1) is 50.3 Å². The van der Waals surface area contributed by atoms with E-state index in [2.05, 4.69) is 363 Å². The molecule has 0 saturated heterocycles. The molecule has 0 spiro atoms. The van der Waals surface area contributed by atoms with Gasteiger partial charge in [-0.05, 0) is 130 Å². The fourth-order valence-corrected chi connectivity index (χ4v) is 16.7. The molecule has 0 saturated carbocycles. The molecule has 15 aromatic carbocycles. The maximum Gasteiger partial charge on any atom is 0.252 e. The van der Waals surface area contributed by atoms with Crippen molar-refractivity contribution >= 4 is 156 Å². The minimum atomic E-state index is -0.245. The number of benzene rings is 15. The average molecular weight is 1230 g/mol. The Morgan fingerprint density at radius 1 is 0.289 bits per heavy atom. The van der Waals surface area contributed by atoms with Crippen molar-refractivity contribution in [2.24, 2.45) is 0 Å². The van der Waals surface area contributed by atoms with Crippen LogP contribution in [-0.2, 0) is 0 Å². The number of anilines is 9. The predicted octanol–water partition coefficient (Wildman–Crippen LogP) is 22.4. The number of furan rings is 1. The van der Waals surface area contributed by atoms with Crippen molar-refractivity contribution in [3.05, 3.63) is 340 Å². The highest BCUT2D eigenvalue weighted by molar-refractivity contribution is 7.00. The molecule has 0 radical (unpaired) electrons. The van der Waals surface area contributed by atoms with Gasteiger partial charge in [-0.3, -0.25) is 0 Å². The van der Waals surface area contributed by atoms with E-state index in [1.807, 2.05) is 0 Å². The zero-order chi connectivity index (χ0) is 63.4. The average Bonchev–Trinajstić information content (AvgIpc) is 1.67. The molecule has 6 nitrogen and oxygen atoms in total. The Morgan fingerprint density at radius 3 is 1.46 bits per heavy atom. The van der Waals surface area contributed by atoms with Crippen molar-refractivity contribution in [3.8, 4) is 39.1 Å². The van der Waals surface area contributed by atoms with Gasteiger partial charge in [0, 0.05) is 88.3 Å². The van der Waals surface area contributed by atoms with Gasteiger partial charge < -0.3 is 28.1 Å². The second-order valence-electron chi connectivity index (χ2n) is 25.9. The zero-order valence-corrected chi connectivity index (χ0v) is 52.6. The summed E-state index contributed by atoms with van der Waals surface area (Å²) in [4.78, 5) is 7.72. The summed E-state index contributed by atoms with van der Waals surface area (Å²) in [5.74, 6) is 0. The lowest BCUT2D eigenvalue weighted by molar-refractivity contribution is 0.666. The molecule has 0 fully saturated rings. The molecule has 6 heterocycles. The molecule has 0 N–H and O–H groups in total. The molecule has 2 aliphatic rings. The Balaban J connectivity index is 0.927. The first kappa shape index (κ1) is 53.6. The van der Waals surface area contributed by atoms with E-state index in [-0.39, 0.29) is 6.71 Å². The smallest absolute Gasteiger partial charge is 0.252 e. The zero-order valence-electron chi connectivity index (χ0n) is 52.6. The largest absolute Gasteiger partial charge is 0.454 e. The summed E-state index contributed by atoms with van der Waals surface area (Å²) in [6.07, 6.45) is 0. The molecule has 0 atom stereocenters. The molecule has 4 aromatic heterocycles. The quantitative estimate of drug-likeness (QED) is 0.135. The SMILES string of the molecule is c1ccc(-c2ccc(N(c3cc4c5c(c3)N(c3ccccc3)c3cc6c(cc3B5c3cc5c7ccccc7n(-c7cccc8c7oc7ccccc78)c5cc3N4c3ccccc3)c3cccc4c5ccccc5n6c43)c3ccccc3-c3ccccc3)c(-c3ccccc3)c2)cc1.